The maximum atomic E-state index is 4.38. The molecule has 16 heavy (non-hydrogen) atoms. The lowest BCUT2D eigenvalue weighted by molar-refractivity contribution is 0.336. The average Bonchev–Trinajstić information content (AvgIpc) is 2.68. The molecular weight excluding hydrogens is 198 g/mol. The van der Waals surface area contributed by atoms with Gasteiger partial charge in [-0.1, -0.05) is 22.9 Å². The van der Waals surface area contributed by atoms with Crippen LogP contribution in [0.1, 0.15) is 29.5 Å². The molecule has 0 atom stereocenters. The van der Waals surface area contributed by atoms with Gasteiger partial charge in [-0.15, -0.1) is 5.11 Å². The van der Waals surface area contributed by atoms with Crippen molar-refractivity contribution in [1.29, 1.82) is 0 Å². The van der Waals surface area contributed by atoms with E-state index >= 15 is 0 Å². The molecule has 0 unspecified atom stereocenters. The summed E-state index contributed by atoms with van der Waals surface area (Å²) in [5.74, 6) is 0. The largest absolute Gasteiger partial charge is 0.278 e. The summed E-state index contributed by atoms with van der Waals surface area (Å²) < 4.78 is 0. The van der Waals surface area contributed by atoms with Gasteiger partial charge in [-0.3, -0.25) is 5.01 Å². The molecule has 0 spiro atoms. The lowest BCUT2D eigenvalue weighted by atomic mass is 10.1. The predicted octanol–water partition coefficient (Wildman–Crippen LogP) is 3.71. The fourth-order valence-electron chi connectivity index (χ4n) is 2.23. The minimum absolute atomic E-state index is 1.03. The molecule has 86 valence electrons. The second-order valence-electron chi connectivity index (χ2n) is 4.60. The molecular formula is C13H19N3. The summed E-state index contributed by atoms with van der Waals surface area (Å²) >= 11 is 0. The van der Waals surface area contributed by atoms with Gasteiger partial charge in [-0.25, -0.2) is 0 Å². The molecule has 0 aliphatic carbocycles. The Morgan fingerprint density at radius 1 is 1.00 bits per heavy atom. The first-order chi connectivity index (χ1) is 7.66. The van der Waals surface area contributed by atoms with Gasteiger partial charge in [0.15, 0.2) is 0 Å². The second-order valence-corrected chi connectivity index (χ2v) is 4.60. The summed E-state index contributed by atoms with van der Waals surface area (Å²) in [4.78, 5) is 0. The maximum Gasteiger partial charge on any atom is 0.0932 e. The zero-order valence-electron chi connectivity index (χ0n) is 10.3. The van der Waals surface area contributed by atoms with Gasteiger partial charge >= 0.3 is 0 Å². The Morgan fingerprint density at radius 3 is 2.12 bits per heavy atom. The molecule has 0 saturated carbocycles. The molecule has 1 aliphatic heterocycles. The first kappa shape index (κ1) is 11.1. The molecule has 1 aromatic rings. The molecule has 1 heterocycles. The highest BCUT2D eigenvalue weighted by Crippen LogP contribution is 2.25. The highest BCUT2D eigenvalue weighted by molar-refractivity contribution is 5.53. The number of hydrogen-bond donors (Lipinski definition) is 0. The highest BCUT2D eigenvalue weighted by Gasteiger charge is 2.09. The number of nitrogens with zero attached hydrogens (tertiary/aromatic N) is 3. The Morgan fingerprint density at radius 2 is 1.56 bits per heavy atom. The van der Waals surface area contributed by atoms with E-state index in [2.05, 4.69) is 48.3 Å². The van der Waals surface area contributed by atoms with Crippen molar-refractivity contribution in [1.82, 2.24) is 5.01 Å². The van der Waals surface area contributed by atoms with Crippen LogP contribution in [0.4, 0.5) is 5.69 Å². The molecule has 1 aromatic carbocycles. The molecule has 0 radical (unpaired) electrons. The molecule has 0 amide bonds. The zero-order chi connectivity index (χ0) is 11.5. The average molecular weight is 217 g/mol. The second kappa shape index (κ2) is 4.64. The quantitative estimate of drug-likeness (QED) is 0.694. The molecule has 0 N–H and O–H groups in total. The van der Waals surface area contributed by atoms with Crippen molar-refractivity contribution >= 4 is 5.69 Å². The minimum Gasteiger partial charge on any atom is -0.278 e. The van der Waals surface area contributed by atoms with E-state index in [1.165, 1.54) is 29.5 Å². The van der Waals surface area contributed by atoms with E-state index in [0.717, 1.165) is 18.8 Å². The van der Waals surface area contributed by atoms with Gasteiger partial charge in [0.1, 0.15) is 0 Å². The Labute approximate surface area is 97.2 Å². The Hall–Kier alpha value is -1.38. The van der Waals surface area contributed by atoms with E-state index in [-0.39, 0.29) is 0 Å². The standard InChI is InChI=1S/C13H19N3/c1-10-8-11(2)13(12(3)9-10)14-15-16-6-4-5-7-16/h8-9H,4-7H2,1-3H3. The van der Waals surface area contributed by atoms with E-state index in [1.54, 1.807) is 0 Å². The normalized spacial score (nSPS) is 16.3. The van der Waals surface area contributed by atoms with Crippen LogP contribution >= 0.6 is 0 Å². The summed E-state index contributed by atoms with van der Waals surface area (Å²) in [6.45, 7) is 8.40. The van der Waals surface area contributed by atoms with Crippen LogP contribution in [-0.4, -0.2) is 18.1 Å². The zero-order valence-corrected chi connectivity index (χ0v) is 10.3. The SMILES string of the molecule is Cc1cc(C)c(N=NN2CCCC2)c(C)c1. The topological polar surface area (TPSA) is 28.0 Å². The van der Waals surface area contributed by atoms with Crippen LogP contribution < -0.4 is 0 Å². The third-order valence-electron chi connectivity index (χ3n) is 2.99. The number of benzene rings is 1. The predicted molar refractivity (Wildman–Crippen MR) is 66.0 cm³/mol. The van der Waals surface area contributed by atoms with E-state index in [0.29, 0.717) is 0 Å². The van der Waals surface area contributed by atoms with Crippen LogP contribution in [0.2, 0.25) is 0 Å². The van der Waals surface area contributed by atoms with Crippen molar-refractivity contribution in [2.45, 2.75) is 33.6 Å². The maximum absolute atomic E-state index is 4.38. The molecule has 0 aromatic heterocycles. The smallest absolute Gasteiger partial charge is 0.0932 e. The van der Waals surface area contributed by atoms with Crippen LogP contribution in [0.3, 0.4) is 0 Å². The van der Waals surface area contributed by atoms with E-state index in [9.17, 15) is 0 Å². The molecule has 3 heteroatoms. The summed E-state index contributed by atoms with van der Waals surface area (Å²) in [6, 6.07) is 4.32. The lowest BCUT2D eigenvalue weighted by Crippen LogP contribution is -2.09. The van der Waals surface area contributed by atoms with Crippen molar-refractivity contribution in [3.63, 3.8) is 0 Å². The summed E-state index contributed by atoms with van der Waals surface area (Å²) in [5, 5.41) is 10.7. The molecule has 2 rings (SSSR count). The van der Waals surface area contributed by atoms with Crippen LogP contribution in [0, 0.1) is 20.8 Å². The molecule has 1 saturated heterocycles. The number of rotatable bonds is 2. The van der Waals surface area contributed by atoms with Gasteiger partial charge in [-0.2, -0.15) is 0 Å². The van der Waals surface area contributed by atoms with E-state index < -0.39 is 0 Å². The van der Waals surface area contributed by atoms with Gasteiger partial charge in [0.25, 0.3) is 0 Å². The van der Waals surface area contributed by atoms with Gasteiger partial charge in [-0.05, 0) is 44.7 Å². The van der Waals surface area contributed by atoms with Crippen molar-refractivity contribution in [3.05, 3.63) is 28.8 Å². The monoisotopic (exact) mass is 217 g/mol. The van der Waals surface area contributed by atoms with Crippen molar-refractivity contribution < 1.29 is 0 Å². The Balaban J connectivity index is 2.20. The van der Waals surface area contributed by atoms with E-state index in [1.807, 2.05) is 0 Å². The van der Waals surface area contributed by atoms with Gasteiger partial charge in [0.2, 0.25) is 0 Å². The highest BCUT2D eigenvalue weighted by atomic mass is 15.5. The van der Waals surface area contributed by atoms with Crippen LogP contribution in [-0.2, 0) is 0 Å². The van der Waals surface area contributed by atoms with Crippen molar-refractivity contribution in [2.75, 3.05) is 13.1 Å². The van der Waals surface area contributed by atoms with Crippen molar-refractivity contribution in [3.8, 4) is 0 Å². The Kier molecular flexibility index (Phi) is 3.22. The fraction of sp³-hybridized carbons (Fsp3) is 0.538. The van der Waals surface area contributed by atoms with Crippen LogP contribution in [0.25, 0.3) is 0 Å². The third kappa shape index (κ3) is 2.40. The number of aryl methyl sites for hydroxylation is 3. The Bertz CT molecular complexity index is 381. The first-order valence-electron chi connectivity index (χ1n) is 5.91. The van der Waals surface area contributed by atoms with E-state index in [4.69, 9.17) is 0 Å². The fourth-order valence-corrected chi connectivity index (χ4v) is 2.23. The molecule has 1 aliphatic rings. The first-order valence-corrected chi connectivity index (χ1v) is 5.91. The summed E-state index contributed by atoms with van der Waals surface area (Å²) in [5.41, 5.74) is 4.73. The molecule has 1 fully saturated rings. The van der Waals surface area contributed by atoms with Gasteiger partial charge in [0, 0.05) is 13.1 Å². The minimum atomic E-state index is 1.03. The van der Waals surface area contributed by atoms with Gasteiger partial charge in [0.05, 0.1) is 5.69 Å². The number of hydrogen-bond acceptors (Lipinski definition) is 2. The summed E-state index contributed by atoms with van der Waals surface area (Å²) in [6.07, 6.45) is 2.48. The summed E-state index contributed by atoms with van der Waals surface area (Å²) in [7, 11) is 0. The lowest BCUT2D eigenvalue weighted by Gasteiger charge is -2.09. The van der Waals surface area contributed by atoms with Crippen molar-refractivity contribution in [2.24, 2.45) is 10.3 Å². The van der Waals surface area contributed by atoms with Gasteiger partial charge < -0.3 is 0 Å². The molecule has 3 nitrogen and oxygen atoms in total. The third-order valence-corrected chi connectivity index (χ3v) is 2.99. The van der Waals surface area contributed by atoms with Crippen LogP contribution in [0.15, 0.2) is 22.5 Å². The molecule has 0 bridgehead atoms. The van der Waals surface area contributed by atoms with Crippen LogP contribution in [0.5, 0.6) is 0 Å².